The number of benzene rings is 2. The zero-order valence-corrected chi connectivity index (χ0v) is 15.0. The minimum atomic E-state index is -0.587. The molecule has 0 aliphatic rings. The Balaban J connectivity index is 1.90. The summed E-state index contributed by atoms with van der Waals surface area (Å²) in [5, 5.41) is 3.55. The van der Waals surface area contributed by atoms with Gasteiger partial charge in [-0.25, -0.2) is 4.39 Å². The van der Waals surface area contributed by atoms with Crippen LogP contribution in [0.4, 0.5) is 4.39 Å². The molecule has 4 nitrogen and oxygen atoms in total. The molecule has 0 aliphatic carbocycles. The summed E-state index contributed by atoms with van der Waals surface area (Å²) < 4.78 is 15.6. The van der Waals surface area contributed by atoms with Gasteiger partial charge in [0.05, 0.1) is 11.1 Å². The third-order valence-corrected chi connectivity index (χ3v) is 4.69. The van der Waals surface area contributed by atoms with E-state index in [4.69, 9.17) is 0 Å². The van der Waals surface area contributed by atoms with Crippen LogP contribution in [-0.2, 0) is 12.5 Å². The zero-order chi connectivity index (χ0) is 18.9. The predicted molar refractivity (Wildman–Crippen MR) is 101 cm³/mol. The lowest BCUT2D eigenvalue weighted by atomic mass is 9.84. The van der Waals surface area contributed by atoms with Gasteiger partial charge in [-0.1, -0.05) is 50.2 Å². The number of para-hydroxylation sites is 1. The summed E-state index contributed by atoms with van der Waals surface area (Å²) in [4.78, 5) is 24.9. The molecule has 0 bridgehead atoms. The van der Waals surface area contributed by atoms with E-state index in [1.807, 2.05) is 32.0 Å². The Morgan fingerprint density at radius 1 is 1.12 bits per heavy atom. The van der Waals surface area contributed by atoms with Crippen LogP contribution < -0.4 is 10.9 Å². The number of hydrogen-bond donors (Lipinski definition) is 1. The Hall–Kier alpha value is -2.95. The van der Waals surface area contributed by atoms with Gasteiger partial charge in [-0.3, -0.25) is 9.59 Å². The minimum absolute atomic E-state index is 0.246. The first-order valence-corrected chi connectivity index (χ1v) is 8.43. The maximum Gasteiger partial charge on any atom is 0.252 e. The van der Waals surface area contributed by atoms with Gasteiger partial charge in [-0.2, -0.15) is 0 Å². The Labute approximate surface area is 151 Å². The largest absolute Gasteiger partial charge is 0.351 e. The number of aryl methyl sites for hydroxylation is 1. The van der Waals surface area contributed by atoms with Gasteiger partial charge < -0.3 is 9.88 Å². The van der Waals surface area contributed by atoms with Gasteiger partial charge in [0.1, 0.15) is 5.82 Å². The lowest BCUT2D eigenvalue weighted by molar-refractivity contribution is 0.0946. The molecule has 0 unspecified atom stereocenters. The van der Waals surface area contributed by atoms with Crippen LogP contribution >= 0.6 is 0 Å². The fraction of sp³-hybridized carbons (Fsp3) is 0.238. The van der Waals surface area contributed by atoms with Gasteiger partial charge in [-0.05, 0) is 17.7 Å². The van der Waals surface area contributed by atoms with E-state index in [0.29, 0.717) is 22.0 Å². The number of nitrogens with one attached hydrogen (secondary N) is 1. The van der Waals surface area contributed by atoms with Gasteiger partial charge in [0, 0.05) is 30.5 Å². The molecule has 1 amide bonds. The molecule has 2 aromatic carbocycles. The molecular weight excluding hydrogens is 331 g/mol. The maximum absolute atomic E-state index is 14.1. The van der Waals surface area contributed by atoms with Gasteiger partial charge in [0.2, 0.25) is 0 Å². The topological polar surface area (TPSA) is 51.1 Å². The molecule has 26 heavy (non-hydrogen) atoms. The van der Waals surface area contributed by atoms with Crippen LogP contribution in [0.5, 0.6) is 0 Å². The zero-order valence-electron chi connectivity index (χ0n) is 15.0. The van der Waals surface area contributed by atoms with E-state index in [2.05, 4.69) is 5.32 Å². The second kappa shape index (κ2) is 6.75. The van der Waals surface area contributed by atoms with Crippen LogP contribution in [-0.4, -0.2) is 17.0 Å². The van der Waals surface area contributed by atoms with E-state index in [0.717, 1.165) is 0 Å². The average Bonchev–Trinajstić information content (AvgIpc) is 2.63. The lowest BCUT2D eigenvalue weighted by Crippen LogP contribution is -2.37. The molecule has 134 valence electrons. The Kier molecular flexibility index (Phi) is 4.64. The molecule has 0 saturated heterocycles. The maximum atomic E-state index is 14.1. The first-order valence-electron chi connectivity index (χ1n) is 8.43. The van der Waals surface area contributed by atoms with E-state index >= 15 is 0 Å². The van der Waals surface area contributed by atoms with E-state index in [-0.39, 0.29) is 23.8 Å². The van der Waals surface area contributed by atoms with Crippen molar-refractivity contribution in [2.75, 3.05) is 6.54 Å². The summed E-state index contributed by atoms with van der Waals surface area (Å²) in [6.45, 7) is 3.98. The van der Waals surface area contributed by atoms with Crippen molar-refractivity contribution >= 4 is 16.8 Å². The molecule has 0 saturated carbocycles. The Bertz CT molecular complexity index is 1040. The minimum Gasteiger partial charge on any atom is -0.351 e. The van der Waals surface area contributed by atoms with Gasteiger partial charge in [-0.15, -0.1) is 0 Å². The fourth-order valence-electron chi connectivity index (χ4n) is 3.10. The quantitative estimate of drug-likeness (QED) is 0.783. The van der Waals surface area contributed by atoms with Crippen molar-refractivity contribution < 1.29 is 9.18 Å². The highest BCUT2D eigenvalue weighted by molar-refractivity contribution is 6.06. The molecule has 0 fully saturated rings. The average molecular weight is 352 g/mol. The van der Waals surface area contributed by atoms with Crippen molar-refractivity contribution in [1.82, 2.24) is 9.88 Å². The number of carbonyl (C=O) groups is 1. The molecule has 0 radical (unpaired) electrons. The molecule has 5 heteroatoms. The van der Waals surface area contributed by atoms with Crippen molar-refractivity contribution in [3.05, 3.63) is 81.9 Å². The van der Waals surface area contributed by atoms with Crippen molar-refractivity contribution in [3.8, 4) is 0 Å². The monoisotopic (exact) mass is 352 g/mol. The number of pyridine rings is 1. The van der Waals surface area contributed by atoms with Gasteiger partial charge in [0.15, 0.2) is 0 Å². The summed E-state index contributed by atoms with van der Waals surface area (Å²) in [5.41, 5.74) is 0.721. The molecule has 1 heterocycles. The van der Waals surface area contributed by atoms with E-state index in [1.165, 1.54) is 16.7 Å². The summed E-state index contributed by atoms with van der Waals surface area (Å²) in [5.74, 6) is -0.644. The van der Waals surface area contributed by atoms with Gasteiger partial charge >= 0.3 is 0 Å². The molecular formula is C21H21FN2O2. The lowest BCUT2D eigenvalue weighted by Gasteiger charge is -2.26. The highest BCUT2D eigenvalue weighted by Crippen LogP contribution is 2.25. The number of carbonyl (C=O) groups excluding carboxylic acids is 1. The second-order valence-electron chi connectivity index (χ2n) is 7.02. The first kappa shape index (κ1) is 17.9. The number of fused-ring (bicyclic) bond motifs is 1. The molecule has 3 aromatic rings. The van der Waals surface area contributed by atoms with E-state index in [9.17, 15) is 14.0 Å². The number of rotatable bonds is 4. The summed E-state index contributed by atoms with van der Waals surface area (Å²) in [6.07, 6.45) is 0. The Morgan fingerprint density at radius 3 is 2.50 bits per heavy atom. The number of nitrogens with zero attached hydrogens (tertiary/aromatic N) is 1. The van der Waals surface area contributed by atoms with E-state index < -0.39 is 5.41 Å². The summed E-state index contributed by atoms with van der Waals surface area (Å²) in [6, 6.07) is 15.1. The molecule has 1 N–H and O–H groups in total. The SMILES string of the molecule is Cn1c(=O)cc(C(=O)NCC(C)(C)c2ccccc2F)c2ccccc21. The molecule has 0 aliphatic heterocycles. The van der Waals surface area contributed by atoms with Crippen molar-refractivity contribution in [1.29, 1.82) is 0 Å². The number of aromatic nitrogens is 1. The number of halogens is 1. The van der Waals surface area contributed by atoms with Crippen LogP contribution in [0.25, 0.3) is 10.9 Å². The standard InChI is InChI=1S/C21H21FN2O2/c1-21(2,16-9-5-6-10-17(16)22)13-23-20(26)15-12-19(25)24(3)18-11-7-4-8-14(15)18/h4-12H,13H2,1-3H3,(H,23,26). The highest BCUT2D eigenvalue weighted by atomic mass is 19.1. The third kappa shape index (κ3) is 3.25. The van der Waals surface area contributed by atoms with Crippen LogP contribution in [0.3, 0.4) is 0 Å². The molecule has 0 atom stereocenters. The van der Waals surface area contributed by atoms with Crippen LogP contribution in [0, 0.1) is 5.82 Å². The van der Waals surface area contributed by atoms with Crippen molar-refractivity contribution in [2.45, 2.75) is 19.3 Å². The summed E-state index contributed by atoms with van der Waals surface area (Å²) in [7, 11) is 1.67. The smallest absolute Gasteiger partial charge is 0.252 e. The normalized spacial score (nSPS) is 11.5. The predicted octanol–water partition coefficient (Wildman–Crippen LogP) is 3.39. The van der Waals surface area contributed by atoms with Crippen molar-refractivity contribution in [2.24, 2.45) is 7.05 Å². The number of amides is 1. The fourth-order valence-corrected chi connectivity index (χ4v) is 3.10. The third-order valence-electron chi connectivity index (χ3n) is 4.69. The van der Waals surface area contributed by atoms with Gasteiger partial charge in [0.25, 0.3) is 11.5 Å². The van der Waals surface area contributed by atoms with Crippen LogP contribution in [0.2, 0.25) is 0 Å². The van der Waals surface area contributed by atoms with Crippen LogP contribution in [0.15, 0.2) is 59.4 Å². The first-order chi connectivity index (χ1) is 12.3. The second-order valence-corrected chi connectivity index (χ2v) is 7.02. The van der Waals surface area contributed by atoms with Crippen LogP contribution in [0.1, 0.15) is 29.8 Å². The van der Waals surface area contributed by atoms with Crippen molar-refractivity contribution in [3.63, 3.8) is 0 Å². The molecule has 1 aromatic heterocycles. The Morgan fingerprint density at radius 2 is 1.77 bits per heavy atom. The molecule has 0 spiro atoms. The van der Waals surface area contributed by atoms with E-state index in [1.54, 1.807) is 31.3 Å². The molecule has 3 rings (SSSR count). The number of hydrogen-bond acceptors (Lipinski definition) is 2. The summed E-state index contributed by atoms with van der Waals surface area (Å²) >= 11 is 0. The highest BCUT2D eigenvalue weighted by Gasteiger charge is 2.25.